The van der Waals surface area contributed by atoms with Crippen molar-refractivity contribution in [1.29, 1.82) is 0 Å². The largest absolute Gasteiger partial charge is 0.545 e. The Morgan fingerprint density at radius 3 is 1.86 bits per heavy atom. The van der Waals surface area contributed by atoms with Crippen LogP contribution in [0.2, 0.25) is 16.6 Å². The number of esters is 1. The number of Topliss-reactive ketones (excluding diaryl/α,β-unsaturated/α-hetero) is 1. The van der Waals surface area contributed by atoms with E-state index in [0.717, 1.165) is 0 Å². The molecule has 0 fully saturated rings. The number of rotatable bonds is 8. The maximum Gasteiger partial charge on any atom is 0.337 e. The van der Waals surface area contributed by atoms with E-state index < -0.39 is 20.2 Å². The highest BCUT2D eigenvalue weighted by molar-refractivity contribution is 6.78. The summed E-state index contributed by atoms with van der Waals surface area (Å²) < 4.78 is 11.8. The quantitative estimate of drug-likeness (QED) is 0.315. The summed E-state index contributed by atoms with van der Waals surface area (Å²) in [6.45, 7) is 15.2. The minimum absolute atomic E-state index is 0.0493. The lowest BCUT2D eigenvalue weighted by Gasteiger charge is -2.48. The van der Waals surface area contributed by atoms with E-state index in [1.165, 1.54) is 7.11 Å². The molecule has 1 aliphatic rings. The molecule has 0 radical (unpaired) electrons. The van der Waals surface area contributed by atoms with E-state index in [0.29, 0.717) is 33.5 Å². The molecule has 0 saturated carbocycles. The van der Waals surface area contributed by atoms with E-state index in [4.69, 9.17) is 9.16 Å². The van der Waals surface area contributed by atoms with Gasteiger partial charge in [-0.2, -0.15) is 0 Å². The maximum atomic E-state index is 13.1. The summed E-state index contributed by atoms with van der Waals surface area (Å²) in [5, 5.41) is 0. The summed E-state index contributed by atoms with van der Waals surface area (Å²) in [5.74, 6) is -0.481. The zero-order valence-corrected chi connectivity index (χ0v) is 19.4. The lowest BCUT2D eigenvalue weighted by atomic mass is 9.70. The Balaban J connectivity index is 2.51. The number of benzene rings is 1. The fraction of sp³-hybridized carbons (Fsp3) is 0.565. The van der Waals surface area contributed by atoms with Crippen molar-refractivity contribution in [1.82, 2.24) is 0 Å². The lowest BCUT2D eigenvalue weighted by Crippen LogP contribution is -2.51. The van der Waals surface area contributed by atoms with Crippen molar-refractivity contribution in [3.8, 4) is 0 Å². The predicted molar refractivity (Wildman–Crippen MR) is 115 cm³/mol. The molecular formula is C23H34O4Si. The second-order valence-electron chi connectivity index (χ2n) is 8.69. The fourth-order valence-electron chi connectivity index (χ4n) is 4.87. The molecule has 2 rings (SSSR count). The molecule has 0 N–H and O–H groups in total. The maximum absolute atomic E-state index is 13.1. The highest BCUT2D eigenvalue weighted by Crippen LogP contribution is 2.50. The van der Waals surface area contributed by atoms with Crippen molar-refractivity contribution >= 4 is 20.1 Å². The Morgan fingerprint density at radius 2 is 1.43 bits per heavy atom. The van der Waals surface area contributed by atoms with Gasteiger partial charge in [-0.05, 0) is 16.6 Å². The third-order valence-corrected chi connectivity index (χ3v) is 12.2. The van der Waals surface area contributed by atoms with Gasteiger partial charge in [-0.3, -0.25) is 4.79 Å². The van der Waals surface area contributed by atoms with Gasteiger partial charge in [-0.1, -0.05) is 78.8 Å². The molecule has 0 amide bonds. The normalized spacial score (nSPS) is 19.8. The molecule has 4 nitrogen and oxygen atoms in total. The van der Waals surface area contributed by atoms with E-state index in [1.54, 1.807) is 12.1 Å². The number of hydrogen-bond acceptors (Lipinski definition) is 4. The highest BCUT2D eigenvalue weighted by atomic mass is 28.4. The van der Waals surface area contributed by atoms with Crippen molar-refractivity contribution in [3.63, 3.8) is 0 Å². The molecule has 1 aromatic rings. The zero-order valence-electron chi connectivity index (χ0n) is 18.4. The minimum Gasteiger partial charge on any atom is -0.545 e. The first-order valence-electron chi connectivity index (χ1n) is 10.2. The summed E-state index contributed by atoms with van der Waals surface area (Å²) in [6.07, 6.45) is 0. The molecule has 1 aromatic carbocycles. The first-order valence-corrected chi connectivity index (χ1v) is 12.3. The molecule has 154 valence electrons. The van der Waals surface area contributed by atoms with Crippen LogP contribution in [0.15, 0.2) is 41.7 Å². The van der Waals surface area contributed by atoms with Crippen molar-refractivity contribution in [2.45, 2.75) is 65.1 Å². The minimum atomic E-state index is -2.22. The second-order valence-corrected chi connectivity index (χ2v) is 14.1. The van der Waals surface area contributed by atoms with Crippen molar-refractivity contribution < 1.29 is 18.8 Å². The number of ketones is 1. The summed E-state index contributed by atoms with van der Waals surface area (Å²) in [6, 6.07) is 9.13. The first-order chi connectivity index (χ1) is 13.1. The monoisotopic (exact) mass is 402 g/mol. The van der Waals surface area contributed by atoms with E-state index in [2.05, 4.69) is 41.5 Å². The van der Waals surface area contributed by atoms with E-state index in [1.807, 2.05) is 25.1 Å². The van der Waals surface area contributed by atoms with Gasteiger partial charge in [0, 0.05) is 11.5 Å². The number of carbonyl (C=O) groups excluding carboxylic acids is 2. The van der Waals surface area contributed by atoms with Gasteiger partial charge in [-0.25, -0.2) is 4.79 Å². The lowest BCUT2D eigenvalue weighted by molar-refractivity contribution is -0.137. The van der Waals surface area contributed by atoms with Crippen LogP contribution >= 0.6 is 0 Å². The zero-order chi connectivity index (χ0) is 21.2. The number of methoxy groups -OCH3 is 1. The van der Waals surface area contributed by atoms with Crippen molar-refractivity contribution in [2.75, 3.05) is 7.11 Å². The molecule has 0 heterocycles. The molecule has 0 unspecified atom stereocenters. The van der Waals surface area contributed by atoms with Gasteiger partial charge in [0.1, 0.15) is 0 Å². The van der Waals surface area contributed by atoms with Crippen LogP contribution < -0.4 is 0 Å². The van der Waals surface area contributed by atoms with Crippen LogP contribution in [-0.2, 0) is 14.0 Å². The predicted octanol–water partition coefficient (Wildman–Crippen LogP) is 5.75. The smallest absolute Gasteiger partial charge is 0.337 e. The molecule has 0 bridgehead atoms. The molecule has 0 saturated heterocycles. The van der Waals surface area contributed by atoms with E-state index in [-0.39, 0.29) is 11.7 Å². The van der Waals surface area contributed by atoms with Gasteiger partial charge in [0.05, 0.1) is 24.4 Å². The Bertz CT molecular complexity index is 727. The van der Waals surface area contributed by atoms with Crippen molar-refractivity contribution in [3.05, 3.63) is 47.2 Å². The standard InChI is InChI=1S/C23H34O4Si/c1-14(2)28(15(3)4,16(5)6)27-22-17(7)19(20(22)23(25)26-8)21(24)18-12-10-9-11-13-18/h9-17,19H,1-8H3/t17-,19-/m1/s1. The topological polar surface area (TPSA) is 52.6 Å². The Morgan fingerprint density at radius 1 is 0.929 bits per heavy atom. The molecule has 1 aliphatic carbocycles. The summed E-state index contributed by atoms with van der Waals surface area (Å²) in [7, 11) is -0.864. The third kappa shape index (κ3) is 3.69. The summed E-state index contributed by atoms with van der Waals surface area (Å²) in [4.78, 5) is 25.7. The number of ether oxygens (including phenoxy) is 1. The number of hydrogen-bond donors (Lipinski definition) is 0. The molecule has 28 heavy (non-hydrogen) atoms. The molecule has 0 spiro atoms. The van der Waals surface area contributed by atoms with Crippen LogP contribution in [0.5, 0.6) is 0 Å². The number of carbonyl (C=O) groups is 2. The third-order valence-electron chi connectivity index (χ3n) is 6.23. The summed E-state index contributed by atoms with van der Waals surface area (Å²) >= 11 is 0. The van der Waals surface area contributed by atoms with Gasteiger partial charge < -0.3 is 9.16 Å². The Hall–Kier alpha value is -1.88. The second kappa shape index (κ2) is 8.64. The first kappa shape index (κ1) is 22.4. The molecule has 2 atom stereocenters. The van der Waals surface area contributed by atoms with E-state index in [9.17, 15) is 9.59 Å². The van der Waals surface area contributed by atoms with Gasteiger partial charge in [0.2, 0.25) is 0 Å². The molecule has 0 aliphatic heterocycles. The van der Waals surface area contributed by atoms with Gasteiger partial charge in [0.25, 0.3) is 8.32 Å². The van der Waals surface area contributed by atoms with Crippen molar-refractivity contribution in [2.24, 2.45) is 11.8 Å². The average molecular weight is 403 g/mol. The molecular weight excluding hydrogens is 368 g/mol. The van der Waals surface area contributed by atoms with Crippen LogP contribution in [-0.4, -0.2) is 27.2 Å². The number of allylic oxidation sites excluding steroid dienone is 1. The SMILES string of the molecule is COC(=O)C1=C(O[Si](C(C)C)(C(C)C)C(C)C)[C@H](C)[C@H]1C(=O)c1ccccc1. The molecule has 0 aromatic heterocycles. The average Bonchev–Trinajstić information content (AvgIpc) is 2.65. The van der Waals surface area contributed by atoms with Gasteiger partial charge >= 0.3 is 5.97 Å². The van der Waals surface area contributed by atoms with Gasteiger partial charge in [0.15, 0.2) is 5.78 Å². The molecule has 5 heteroatoms. The van der Waals surface area contributed by atoms with Crippen LogP contribution in [0.4, 0.5) is 0 Å². The fourth-order valence-corrected chi connectivity index (χ4v) is 10.3. The summed E-state index contributed by atoms with van der Waals surface area (Å²) in [5.41, 5.74) is 2.17. The van der Waals surface area contributed by atoms with Crippen LogP contribution in [0.25, 0.3) is 0 Å². The van der Waals surface area contributed by atoms with Crippen LogP contribution in [0, 0.1) is 11.8 Å². The Labute approximate surface area is 170 Å². The van der Waals surface area contributed by atoms with Crippen LogP contribution in [0.1, 0.15) is 58.8 Å². The van der Waals surface area contributed by atoms with Crippen LogP contribution in [0.3, 0.4) is 0 Å². The van der Waals surface area contributed by atoms with Gasteiger partial charge in [-0.15, -0.1) is 0 Å². The Kier molecular flexibility index (Phi) is 6.91. The highest BCUT2D eigenvalue weighted by Gasteiger charge is 2.54. The van der Waals surface area contributed by atoms with E-state index >= 15 is 0 Å².